The van der Waals surface area contributed by atoms with Gasteiger partial charge in [-0.25, -0.2) is 9.69 Å². The van der Waals surface area contributed by atoms with Crippen LogP contribution in [-0.4, -0.2) is 44.0 Å². The minimum absolute atomic E-state index is 0.117. The number of hydrogen-bond acceptors (Lipinski definition) is 4. The monoisotopic (exact) mass is 355 g/mol. The second kappa shape index (κ2) is 8.47. The first kappa shape index (κ1) is 19.4. The number of ether oxygens (including phenoxy) is 1. The van der Waals surface area contributed by atoms with Crippen LogP contribution in [0, 0.1) is 5.92 Å². The second-order valence-electron chi connectivity index (χ2n) is 7.08. The van der Waals surface area contributed by atoms with Crippen LogP contribution in [0.3, 0.4) is 0 Å². The third-order valence-electron chi connectivity index (χ3n) is 6.00. The van der Waals surface area contributed by atoms with Gasteiger partial charge in [0.15, 0.2) is 8.32 Å². The lowest BCUT2D eigenvalue weighted by atomic mass is 9.77. The number of carbonyl (C=O) groups excluding carboxylic acids is 2. The second-order valence-corrected chi connectivity index (χ2v) is 11.8. The smallest absolute Gasteiger partial charge is 0.416 e. The highest BCUT2D eigenvalue weighted by Crippen LogP contribution is 2.40. The van der Waals surface area contributed by atoms with E-state index in [0.29, 0.717) is 12.5 Å². The lowest BCUT2D eigenvalue weighted by molar-refractivity contribution is -0.165. The van der Waals surface area contributed by atoms with Crippen molar-refractivity contribution in [3.63, 3.8) is 0 Å². The third-order valence-corrected chi connectivity index (χ3v) is 10.6. The maximum absolute atomic E-state index is 12.7. The molecule has 5 nitrogen and oxygen atoms in total. The van der Waals surface area contributed by atoms with Gasteiger partial charge < -0.3 is 9.16 Å². The van der Waals surface area contributed by atoms with E-state index in [9.17, 15) is 9.59 Å². The highest BCUT2D eigenvalue weighted by atomic mass is 28.4. The summed E-state index contributed by atoms with van der Waals surface area (Å²) in [5.74, 6) is 0.180. The van der Waals surface area contributed by atoms with Gasteiger partial charge in [-0.15, -0.1) is 0 Å². The van der Waals surface area contributed by atoms with Crippen molar-refractivity contribution in [2.75, 3.05) is 6.61 Å². The molecule has 0 spiro atoms. The average molecular weight is 356 g/mol. The normalized spacial score (nSPS) is 25.5. The molecule has 2 fully saturated rings. The van der Waals surface area contributed by atoms with E-state index in [-0.39, 0.29) is 11.9 Å². The molecule has 1 heterocycles. The topological polar surface area (TPSA) is 55.8 Å². The predicted molar refractivity (Wildman–Crippen MR) is 96.3 cm³/mol. The van der Waals surface area contributed by atoms with Crippen LogP contribution in [0.2, 0.25) is 18.1 Å². The minimum atomic E-state index is -1.88. The van der Waals surface area contributed by atoms with Gasteiger partial charge in [0.1, 0.15) is 6.10 Å². The van der Waals surface area contributed by atoms with E-state index in [1.807, 2.05) is 0 Å². The predicted octanol–water partition coefficient (Wildman–Crippen LogP) is 4.32. The van der Waals surface area contributed by atoms with Gasteiger partial charge in [0.05, 0.1) is 12.6 Å². The summed E-state index contributed by atoms with van der Waals surface area (Å²) in [6.45, 7) is 8.57. The fraction of sp³-hybridized carbons (Fsp3) is 0.889. The molecule has 1 aliphatic heterocycles. The van der Waals surface area contributed by atoms with Gasteiger partial charge in [-0.1, -0.05) is 40.0 Å². The summed E-state index contributed by atoms with van der Waals surface area (Å²) >= 11 is 0. The molecule has 2 aliphatic rings. The molecule has 0 radical (unpaired) electrons. The van der Waals surface area contributed by atoms with Crippen LogP contribution < -0.4 is 0 Å². The van der Waals surface area contributed by atoms with Gasteiger partial charge >= 0.3 is 6.09 Å². The van der Waals surface area contributed by atoms with Crippen LogP contribution in [-0.2, 0) is 14.0 Å². The Morgan fingerprint density at radius 3 is 2.17 bits per heavy atom. The van der Waals surface area contributed by atoms with E-state index in [0.717, 1.165) is 31.0 Å². The fourth-order valence-electron chi connectivity index (χ4n) is 4.21. The zero-order chi connectivity index (χ0) is 17.7. The maximum atomic E-state index is 12.7. The molecule has 0 aromatic carbocycles. The van der Waals surface area contributed by atoms with Gasteiger partial charge in [-0.2, -0.15) is 0 Å². The maximum Gasteiger partial charge on any atom is 0.416 e. The summed E-state index contributed by atoms with van der Waals surface area (Å²) in [4.78, 5) is 26.3. The molecule has 0 N–H and O–H groups in total. The van der Waals surface area contributed by atoms with Crippen LogP contribution in [0.1, 0.15) is 59.8 Å². The first-order valence-corrected chi connectivity index (χ1v) is 12.2. The van der Waals surface area contributed by atoms with Crippen LogP contribution in [0.4, 0.5) is 4.79 Å². The lowest BCUT2D eigenvalue weighted by Gasteiger charge is -2.51. The number of likely N-dealkylation sites (tertiary alicyclic amines) is 1. The van der Waals surface area contributed by atoms with Crippen LogP contribution in [0.15, 0.2) is 0 Å². The molecule has 0 aromatic heterocycles. The summed E-state index contributed by atoms with van der Waals surface area (Å²) in [6, 6.07) is 2.93. The molecule has 1 saturated carbocycles. The van der Waals surface area contributed by atoms with Crippen molar-refractivity contribution in [1.82, 2.24) is 4.90 Å². The minimum Gasteiger partial charge on any atom is -0.449 e. The molecule has 1 aliphatic carbocycles. The van der Waals surface area contributed by atoms with Crippen molar-refractivity contribution in [3.8, 4) is 0 Å². The average Bonchev–Trinajstić information content (AvgIpc) is 2.62. The molecule has 24 heavy (non-hydrogen) atoms. The Hall–Kier alpha value is -0.883. The Kier molecular flexibility index (Phi) is 6.86. The van der Waals surface area contributed by atoms with Crippen molar-refractivity contribution >= 4 is 20.3 Å². The standard InChI is InChI=1S/C18H33NO4Si/c1-5-22-18(21)19-15(14-12-10-9-11-13-14)16(17(19)20)23-24(6-2,7-3)8-4/h14-16H,5-13H2,1-4H3/t15-,16+/m0/s1. The zero-order valence-electron chi connectivity index (χ0n) is 15.7. The van der Waals surface area contributed by atoms with Crippen molar-refractivity contribution in [2.45, 2.75) is 90.1 Å². The summed E-state index contributed by atoms with van der Waals surface area (Å²) in [5.41, 5.74) is 0. The Morgan fingerprint density at radius 1 is 1.08 bits per heavy atom. The highest BCUT2D eigenvalue weighted by molar-refractivity contribution is 6.73. The molecule has 138 valence electrons. The number of β-lactam (4-membered cyclic amide) rings is 1. The molecule has 6 heteroatoms. The molecule has 0 bridgehead atoms. The van der Waals surface area contributed by atoms with E-state index in [1.165, 1.54) is 24.2 Å². The molecule has 0 aromatic rings. The van der Waals surface area contributed by atoms with Crippen molar-refractivity contribution in [1.29, 1.82) is 0 Å². The van der Waals surface area contributed by atoms with E-state index in [4.69, 9.17) is 9.16 Å². The Morgan fingerprint density at radius 2 is 1.67 bits per heavy atom. The molecule has 2 amide bonds. The molecule has 0 unspecified atom stereocenters. The van der Waals surface area contributed by atoms with Crippen LogP contribution in [0.5, 0.6) is 0 Å². The number of rotatable bonds is 7. The molecule has 1 saturated heterocycles. The van der Waals surface area contributed by atoms with Crippen molar-refractivity contribution in [3.05, 3.63) is 0 Å². The van der Waals surface area contributed by atoms with E-state index in [2.05, 4.69) is 20.8 Å². The SMILES string of the molecule is CCOC(=O)N1C(=O)[C@H](O[Si](CC)(CC)CC)[C@@H]1C1CCCCC1. The number of carbonyl (C=O) groups is 2. The summed E-state index contributed by atoms with van der Waals surface area (Å²) in [6.07, 6.45) is 4.84. The van der Waals surface area contributed by atoms with Crippen LogP contribution in [0.25, 0.3) is 0 Å². The quantitative estimate of drug-likeness (QED) is 0.504. The third kappa shape index (κ3) is 3.69. The molecule has 2 rings (SSSR count). The summed E-state index contributed by atoms with van der Waals surface area (Å²) in [7, 11) is -1.88. The number of amides is 2. The van der Waals surface area contributed by atoms with Gasteiger partial charge in [0.25, 0.3) is 5.91 Å². The Balaban J connectivity index is 2.18. The van der Waals surface area contributed by atoms with E-state index >= 15 is 0 Å². The van der Waals surface area contributed by atoms with Crippen molar-refractivity contribution < 1.29 is 18.8 Å². The van der Waals surface area contributed by atoms with Gasteiger partial charge in [0.2, 0.25) is 0 Å². The zero-order valence-corrected chi connectivity index (χ0v) is 16.7. The van der Waals surface area contributed by atoms with E-state index in [1.54, 1.807) is 6.92 Å². The Bertz CT molecular complexity index is 438. The summed E-state index contributed by atoms with van der Waals surface area (Å²) in [5, 5.41) is 0. The van der Waals surface area contributed by atoms with Gasteiger partial charge in [0, 0.05) is 0 Å². The molecule has 2 atom stereocenters. The fourth-order valence-corrected chi connectivity index (χ4v) is 6.99. The summed E-state index contributed by atoms with van der Waals surface area (Å²) < 4.78 is 11.6. The molecular weight excluding hydrogens is 322 g/mol. The largest absolute Gasteiger partial charge is 0.449 e. The van der Waals surface area contributed by atoms with Gasteiger partial charge in [-0.05, 0) is 43.8 Å². The van der Waals surface area contributed by atoms with E-state index < -0.39 is 20.5 Å². The van der Waals surface area contributed by atoms with Gasteiger partial charge in [-0.3, -0.25) is 4.79 Å². The highest BCUT2D eigenvalue weighted by Gasteiger charge is 2.57. The number of imide groups is 1. The molecular formula is C18H33NO4Si. The number of hydrogen-bond donors (Lipinski definition) is 0. The van der Waals surface area contributed by atoms with Crippen LogP contribution >= 0.6 is 0 Å². The first-order chi connectivity index (χ1) is 11.5. The first-order valence-electron chi connectivity index (χ1n) is 9.71. The Labute approximate surface area is 147 Å². The lowest BCUT2D eigenvalue weighted by Crippen LogP contribution is -2.72. The van der Waals surface area contributed by atoms with Crippen molar-refractivity contribution in [2.24, 2.45) is 5.92 Å². The number of nitrogens with zero attached hydrogens (tertiary/aromatic N) is 1.